The number of nitrogens with two attached hydrogens (primary N) is 1. The van der Waals surface area contributed by atoms with E-state index in [4.69, 9.17) is 5.73 Å². The Labute approximate surface area is 129 Å². The van der Waals surface area contributed by atoms with Gasteiger partial charge in [-0.25, -0.2) is 0 Å². The predicted octanol–water partition coefficient (Wildman–Crippen LogP) is 2.74. The third-order valence-electron chi connectivity index (χ3n) is 5.55. The van der Waals surface area contributed by atoms with Crippen molar-refractivity contribution >= 4 is 0 Å². The highest BCUT2D eigenvalue weighted by Crippen LogP contribution is 2.38. The van der Waals surface area contributed by atoms with Gasteiger partial charge in [-0.1, -0.05) is 57.0 Å². The third-order valence-corrected chi connectivity index (χ3v) is 5.55. The number of benzene rings is 1. The summed E-state index contributed by atoms with van der Waals surface area (Å²) in [5.41, 5.74) is 6.40. The Balaban J connectivity index is 2.01. The normalized spacial score (nSPS) is 21.9. The molecule has 1 aliphatic heterocycles. The fourth-order valence-corrected chi connectivity index (χ4v) is 3.53. The monoisotopic (exact) mass is 290 g/mol. The van der Waals surface area contributed by atoms with Crippen molar-refractivity contribution in [3.05, 3.63) is 35.9 Å². The molecule has 1 atom stereocenters. The maximum Gasteiger partial charge on any atom is 0.114 e. The number of likely N-dealkylation sites (tertiary alicyclic amines) is 1. The Morgan fingerprint density at radius 3 is 2.19 bits per heavy atom. The molecular weight excluding hydrogens is 260 g/mol. The summed E-state index contributed by atoms with van der Waals surface area (Å²) in [5, 5.41) is 10.9. The molecule has 0 radical (unpaired) electrons. The van der Waals surface area contributed by atoms with Crippen molar-refractivity contribution < 1.29 is 5.11 Å². The van der Waals surface area contributed by atoms with Crippen LogP contribution in [0.25, 0.3) is 0 Å². The van der Waals surface area contributed by atoms with Crippen LogP contribution < -0.4 is 5.73 Å². The highest BCUT2D eigenvalue weighted by molar-refractivity contribution is 5.23. The molecule has 0 aliphatic carbocycles. The molecule has 1 saturated heterocycles. The Kier molecular flexibility index (Phi) is 5.42. The van der Waals surface area contributed by atoms with Crippen LogP contribution in [-0.4, -0.2) is 36.2 Å². The molecule has 3 nitrogen and oxygen atoms in total. The molecule has 3 heteroatoms. The molecule has 0 aromatic heterocycles. The smallest absolute Gasteiger partial charge is 0.114 e. The van der Waals surface area contributed by atoms with E-state index in [2.05, 4.69) is 18.7 Å². The van der Waals surface area contributed by atoms with Gasteiger partial charge in [0, 0.05) is 13.1 Å². The van der Waals surface area contributed by atoms with Crippen LogP contribution in [0.4, 0.5) is 0 Å². The van der Waals surface area contributed by atoms with E-state index in [0.717, 1.165) is 18.7 Å². The van der Waals surface area contributed by atoms with Gasteiger partial charge in [-0.15, -0.1) is 0 Å². The Hall–Kier alpha value is -0.900. The molecule has 1 aromatic rings. The zero-order valence-corrected chi connectivity index (χ0v) is 13.5. The maximum atomic E-state index is 10.9. The van der Waals surface area contributed by atoms with Crippen molar-refractivity contribution in [3.8, 4) is 0 Å². The average Bonchev–Trinajstić information content (AvgIpc) is 2.56. The lowest BCUT2D eigenvalue weighted by Crippen LogP contribution is -2.49. The lowest BCUT2D eigenvalue weighted by Gasteiger charge is -2.43. The van der Waals surface area contributed by atoms with Crippen molar-refractivity contribution in [2.75, 3.05) is 26.2 Å². The fraction of sp³-hybridized carbons (Fsp3) is 0.667. The quantitative estimate of drug-likeness (QED) is 0.847. The fourth-order valence-electron chi connectivity index (χ4n) is 3.53. The minimum Gasteiger partial charge on any atom is -0.382 e. The Bertz CT molecular complexity index is 420. The molecule has 0 amide bonds. The van der Waals surface area contributed by atoms with Crippen LogP contribution in [0.1, 0.15) is 45.1 Å². The Morgan fingerprint density at radius 2 is 1.71 bits per heavy atom. The number of aliphatic hydroxyl groups is 1. The molecule has 118 valence electrons. The van der Waals surface area contributed by atoms with Crippen LogP contribution in [0.5, 0.6) is 0 Å². The van der Waals surface area contributed by atoms with E-state index in [0.29, 0.717) is 12.0 Å². The van der Waals surface area contributed by atoms with E-state index >= 15 is 0 Å². The first-order chi connectivity index (χ1) is 10.1. The van der Waals surface area contributed by atoms with E-state index < -0.39 is 5.60 Å². The van der Waals surface area contributed by atoms with Gasteiger partial charge in [0.25, 0.3) is 0 Å². The average molecular weight is 290 g/mol. The zero-order chi connectivity index (χ0) is 15.3. The number of β-amino-alcohol motifs (C(OH)–C–C–N with tert-alkyl or cyclic N) is 1. The molecule has 2 rings (SSSR count). The standard InChI is InChI=1S/C18H30N2O/c1-3-17(4-2)10-12-20(13-11-17)15-18(21,14-19)16-8-6-5-7-9-16/h5-9,21H,3-4,10-15,19H2,1-2H3. The molecule has 0 bridgehead atoms. The maximum absolute atomic E-state index is 10.9. The van der Waals surface area contributed by atoms with Gasteiger partial charge in [-0.2, -0.15) is 0 Å². The zero-order valence-electron chi connectivity index (χ0n) is 13.5. The first kappa shape index (κ1) is 16.5. The van der Waals surface area contributed by atoms with Crippen LogP contribution >= 0.6 is 0 Å². The summed E-state index contributed by atoms with van der Waals surface area (Å²) < 4.78 is 0. The molecule has 1 heterocycles. The largest absolute Gasteiger partial charge is 0.382 e. The van der Waals surface area contributed by atoms with Crippen LogP contribution in [0.2, 0.25) is 0 Å². The highest BCUT2D eigenvalue weighted by Gasteiger charge is 2.35. The SMILES string of the molecule is CCC1(CC)CCN(CC(O)(CN)c2ccccc2)CC1. The molecule has 21 heavy (non-hydrogen) atoms. The molecule has 1 aliphatic rings. The predicted molar refractivity (Wildman–Crippen MR) is 88.1 cm³/mol. The van der Waals surface area contributed by atoms with E-state index in [1.165, 1.54) is 25.7 Å². The summed E-state index contributed by atoms with van der Waals surface area (Å²) in [6.07, 6.45) is 4.99. The first-order valence-electron chi connectivity index (χ1n) is 8.28. The van der Waals surface area contributed by atoms with E-state index in [1.54, 1.807) is 0 Å². The lowest BCUT2D eigenvalue weighted by molar-refractivity contribution is -0.0142. The molecule has 3 N–H and O–H groups in total. The minimum atomic E-state index is -0.931. The van der Waals surface area contributed by atoms with Crippen molar-refractivity contribution in [2.24, 2.45) is 11.1 Å². The molecule has 0 spiro atoms. The van der Waals surface area contributed by atoms with E-state index in [-0.39, 0.29) is 6.54 Å². The van der Waals surface area contributed by atoms with E-state index in [1.807, 2.05) is 30.3 Å². The number of piperidine rings is 1. The second-order valence-corrected chi connectivity index (χ2v) is 6.58. The lowest BCUT2D eigenvalue weighted by atomic mass is 9.74. The summed E-state index contributed by atoms with van der Waals surface area (Å²) in [7, 11) is 0. The minimum absolute atomic E-state index is 0.264. The molecule has 1 fully saturated rings. The van der Waals surface area contributed by atoms with Gasteiger partial charge in [0.1, 0.15) is 5.60 Å². The second-order valence-electron chi connectivity index (χ2n) is 6.58. The number of hydrogen-bond acceptors (Lipinski definition) is 3. The summed E-state index contributed by atoms with van der Waals surface area (Å²) in [6, 6.07) is 9.84. The van der Waals surface area contributed by atoms with Gasteiger partial charge in [0.2, 0.25) is 0 Å². The van der Waals surface area contributed by atoms with Gasteiger partial charge in [0.05, 0.1) is 0 Å². The van der Waals surface area contributed by atoms with Crippen LogP contribution in [0, 0.1) is 5.41 Å². The van der Waals surface area contributed by atoms with Gasteiger partial charge < -0.3 is 15.7 Å². The Morgan fingerprint density at radius 1 is 1.14 bits per heavy atom. The first-order valence-corrected chi connectivity index (χ1v) is 8.28. The van der Waals surface area contributed by atoms with E-state index in [9.17, 15) is 5.11 Å². The van der Waals surface area contributed by atoms with Gasteiger partial charge >= 0.3 is 0 Å². The molecule has 1 aromatic carbocycles. The summed E-state index contributed by atoms with van der Waals surface area (Å²) in [4.78, 5) is 2.38. The van der Waals surface area contributed by atoms with Crippen molar-refractivity contribution in [2.45, 2.75) is 45.1 Å². The molecular formula is C18H30N2O. The van der Waals surface area contributed by atoms with Crippen molar-refractivity contribution in [3.63, 3.8) is 0 Å². The van der Waals surface area contributed by atoms with Crippen molar-refractivity contribution in [1.29, 1.82) is 0 Å². The highest BCUT2D eigenvalue weighted by atomic mass is 16.3. The van der Waals surface area contributed by atoms with Crippen LogP contribution in [0.3, 0.4) is 0 Å². The summed E-state index contributed by atoms with van der Waals surface area (Å²) >= 11 is 0. The second kappa shape index (κ2) is 6.91. The van der Waals surface area contributed by atoms with Crippen molar-refractivity contribution in [1.82, 2.24) is 4.90 Å². The van der Waals surface area contributed by atoms with Gasteiger partial charge in [-0.3, -0.25) is 0 Å². The third kappa shape index (κ3) is 3.65. The topological polar surface area (TPSA) is 49.5 Å². The molecule has 0 saturated carbocycles. The van der Waals surface area contributed by atoms with Crippen LogP contribution in [0.15, 0.2) is 30.3 Å². The van der Waals surface area contributed by atoms with Gasteiger partial charge in [-0.05, 0) is 36.9 Å². The summed E-state index contributed by atoms with van der Waals surface area (Å²) in [6.45, 7) is 7.64. The number of hydrogen-bond donors (Lipinski definition) is 2. The number of rotatable bonds is 6. The van der Waals surface area contributed by atoms with Gasteiger partial charge in [0.15, 0.2) is 0 Å². The molecule has 1 unspecified atom stereocenters. The summed E-state index contributed by atoms with van der Waals surface area (Å²) in [5.74, 6) is 0. The number of nitrogens with zero attached hydrogens (tertiary/aromatic N) is 1. The van der Waals surface area contributed by atoms with Crippen LogP contribution in [-0.2, 0) is 5.60 Å².